The number of pyridine rings is 1. The first-order valence-electron chi connectivity index (χ1n) is 10.8. The van der Waals surface area contributed by atoms with Gasteiger partial charge in [0.15, 0.2) is 0 Å². The van der Waals surface area contributed by atoms with Crippen molar-refractivity contribution in [2.75, 3.05) is 17.2 Å². The number of imide groups is 1. The van der Waals surface area contributed by atoms with E-state index in [4.69, 9.17) is 4.74 Å². The summed E-state index contributed by atoms with van der Waals surface area (Å²) in [5, 5.41) is 5.83. The third-order valence-electron chi connectivity index (χ3n) is 5.19. The fourth-order valence-corrected chi connectivity index (χ4v) is 3.64. The summed E-state index contributed by atoms with van der Waals surface area (Å²) in [6.45, 7) is 4.00. The van der Waals surface area contributed by atoms with Gasteiger partial charge in [0.2, 0.25) is 5.91 Å². The molecular weight excluding hydrogens is 432 g/mol. The molecule has 0 spiro atoms. The van der Waals surface area contributed by atoms with Gasteiger partial charge in [-0.15, -0.1) is 0 Å². The van der Waals surface area contributed by atoms with Gasteiger partial charge in [0.25, 0.3) is 11.8 Å². The van der Waals surface area contributed by atoms with Crippen LogP contribution in [0, 0.1) is 0 Å². The average molecular weight is 457 g/mol. The van der Waals surface area contributed by atoms with E-state index in [0.717, 1.165) is 5.56 Å². The van der Waals surface area contributed by atoms with Crippen LogP contribution in [-0.2, 0) is 20.9 Å². The number of anilines is 2. The van der Waals surface area contributed by atoms with Crippen molar-refractivity contribution in [1.29, 1.82) is 0 Å². The van der Waals surface area contributed by atoms with Crippen LogP contribution in [0.5, 0.6) is 5.75 Å². The van der Waals surface area contributed by atoms with Crippen molar-refractivity contribution < 1.29 is 19.1 Å². The highest BCUT2D eigenvalue weighted by atomic mass is 16.5. The number of nitrogens with one attached hydrogen (secondary N) is 2. The zero-order valence-electron chi connectivity index (χ0n) is 18.9. The minimum Gasteiger partial charge on any atom is -0.494 e. The number of ether oxygens (including phenoxy) is 1. The summed E-state index contributed by atoms with van der Waals surface area (Å²) >= 11 is 0. The van der Waals surface area contributed by atoms with Crippen molar-refractivity contribution in [2.24, 2.45) is 0 Å². The normalized spacial score (nSPS) is 13.3. The molecule has 0 atom stereocenters. The summed E-state index contributed by atoms with van der Waals surface area (Å²) in [6, 6.07) is 17.5. The Balaban J connectivity index is 1.69. The van der Waals surface area contributed by atoms with Crippen molar-refractivity contribution in [1.82, 2.24) is 9.88 Å². The van der Waals surface area contributed by atoms with Crippen LogP contribution in [0.4, 0.5) is 11.4 Å². The van der Waals surface area contributed by atoms with Crippen LogP contribution < -0.4 is 15.4 Å². The van der Waals surface area contributed by atoms with E-state index in [2.05, 4.69) is 15.6 Å². The molecule has 0 saturated carbocycles. The second-order valence-corrected chi connectivity index (χ2v) is 7.64. The van der Waals surface area contributed by atoms with Gasteiger partial charge in [0, 0.05) is 30.7 Å². The predicted octanol–water partition coefficient (Wildman–Crippen LogP) is 3.83. The molecule has 1 aliphatic heterocycles. The number of rotatable bonds is 8. The summed E-state index contributed by atoms with van der Waals surface area (Å²) in [5.74, 6) is -0.302. The van der Waals surface area contributed by atoms with E-state index in [-0.39, 0.29) is 23.7 Å². The average Bonchev–Trinajstić information content (AvgIpc) is 3.05. The third-order valence-corrected chi connectivity index (χ3v) is 5.19. The topological polar surface area (TPSA) is 101 Å². The first kappa shape index (κ1) is 22.7. The van der Waals surface area contributed by atoms with Gasteiger partial charge in [-0.05, 0) is 66.6 Å². The van der Waals surface area contributed by atoms with Crippen LogP contribution in [0.25, 0.3) is 5.57 Å². The second-order valence-electron chi connectivity index (χ2n) is 7.64. The number of benzene rings is 2. The minimum atomic E-state index is -0.420. The summed E-state index contributed by atoms with van der Waals surface area (Å²) in [4.78, 5) is 43.3. The zero-order chi connectivity index (χ0) is 24.1. The van der Waals surface area contributed by atoms with Crippen LogP contribution in [0.1, 0.15) is 25.0 Å². The fraction of sp³-hybridized carbons (Fsp3) is 0.154. The third kappa shape index (κ3) is 4.96. The molecule has 0 bridgehead atoms. The van der Waals surface area contributed by atoms with Gasteiger partial charge in [-0.3, -0.25) is 24.3 Å². The van der Waals surface area contributed by atoms with E-state index in [1.807, 2.05) is 6.92 Å². The fourth-order valence-electron chi connectivity index (χ4n) is 3.64. The minimum absolute atomic E-state index is 0.127. The highest BCUT2D eigenvalue weighted by Crippen LogP contribution is 2.32. The molecule has 2 N–H and O–H groups in total. The van der Waals surface area contributed by atoms with E-state index in [9.17, 15) is 14.4 Å². The first-order valence-corrected chi connectivity index (χ1v) is 10.8. The molecule has 0 saturated heterocycles. The Hall–Kier alpha value is -4.46. The molecule has 172 valence electrons. The van der Waals surface area contributed by atoms with Crippen molar-refractivity contribution in [3.63, 3.8) is 0 Å². The molecule has 2 heterocycles. The van der Waals surface area contributed by atoms with Gasteiger partial charge < -0.3 is 15.4 Å². The Morgan fingerprint density at radius 3 is 2.18 bits per heavy atom. The lowest BCUT2D eigenvalue weighted by Crippen LogP contribution is -2.32. The summed E-state index contributed by atoms with van der Waals surface area (Å²) in [5.41, 5.74) is 3.07. The van der Waals surface area contributed by atoms with Gasteiger partial charge >= 0.3 is 0 Å². The van der Waals surface area contributed by atoms with E-state index >= 15 is 0 Å². The number of amides is 3. The van der Waals surface area contributed by atoms with Gasteiger partial charge in [-0.25, -0.2) is 0 Å². The molecule has 1 aliphatic rings. The Bertz CT molecular complexity index is 1240. The zero-order valence-corrected chi connectivity index (χ0v) is 18.9. The molecule has 2 aromatic carbocycles. The maximum absolute atomic E-state index is 13.4. The van der Waals surface area contributed by atoms with Gasteiger partial charge in [-0.2, -0.15) is 0 Å². The largest absolute Gasteiger partial charge is 0.494 e. The summed E-state index contributed by atoms with van der Waals surface area (Å²) < 4.78 is 5.48. The maximum Gasteiger partial charge on any atom is 0.278 e. The molecule has 8 nitrogen and oxygen atoms in total. The SMILES string of the molecule is CCOc1ccc(NC2=C(c3ccc(NC(C)=O)cc3)C(=O)N(Cc3ccncc3)C2=O)cc1. The lowest BCUT2D eigenvalue weighted by molar-refractivity contribution is -0.137. The molecule has 0 fully saturated rings. The molecule has 8 heteroatoms. The van der Waals surface area contributed by atoms with Crippen molar-refractivity contribution in [3.05, 3.63) is 89.9 Å². The lowest BCUT2D eigenvalue weighted by Gasteiger charge is -2.15. The first-order chi connectivity index (χ1) is 16.5. The van der Waals surface area contributed by atoms with E-state index in [0.29, 0.717) is 29.3 Å². The molecule has 34 heavy (non-hydrogen) atoms. The number of carbonyl (C=O) groups is 3. The molecular formula is C26H24N4O4. The summed E-state index contributed by atoms with van der Waals surface area (Å²) in [6.07, 6.45) is 3.24. The lowest BCUT2D eigenvalue weighted by atomic mass is 10.0. The Morgan fingerprint density at radius 1 is 0.912 bits per heavy atom. The molecule has 3 aromatic rings. The van der Waals surface area contributed by atoms with E-state index in [1.165, 1.54) is 11.8 Å². The van der Waals surface area contributed by atoms with E-state index < -0.39 is 11.8 Å². The van der Waals surface area contributed by atoms with Crippen molar-refractivity contribution >= 4 is 34.7 Å². The Kier molecular flexibility index (Phi) is 6.68. The van der Waals surface area contributed by atoms with Crippen LogP contribution in [0.15, 0.2) is 78.8 Å². The second kappa shape index (κ2) is 9.99. The smallest absolute Gasteiger partial charge is 0.278 e. The summed E-state index contributed by atoms with van der Waals surface area (Å²) in [7, 11) is 0. The van der Waals surface area contributed by atoms with Crippen LogP contribution in [-0.4, -0.2) is 34.2 Å². The number of hydrogen-bond acceptors (Lipinski definition) is 6. The standard InChI is InChI=1S/C26H24N4O4/c1-3-34-22-10-8-21(9-11-22)29-24-23(19-4-6-20(7-5-19)28-17(2)31)25(32)30(26(24)33)16-18-12-14-27-15-13-18/h4-15,29H,3,16H2,1-2H3,(H,28,31). The molecule has 0 aliphatic carbocycles. The van der Waals surface area contributed by atoms with Gasteiger partial charge in [0.1, 0.15) is 11.4 Å². The van der Waals surface area contributed by atoms with Crippen LogP contribution >= 0.6 is 0 Å². The Morgan fingerprint density at radius 2 is 1.56 bits per heavy atom. The molecule has 1 aromatic heterocycles. The monoisotopic (exact) mass is 456 g/mol. The van der Waals surface area contributed by atoms with Gasteiger partial charge in [0.05, 0.1) is 18.7 Å². The predicted molar refractivity (Wildman–Crippen MR) is 129 cm³/mol. The molecule has 4 rings (SSSR count). The van der Waals surface area contributed by atoms with Gasteiger partial charge in [-0.1, -0.05) is 12.1 Å². The number of nitrogens with zero attached hydrogens (tertiary/aromatic N) is 2. The highest BCUT2D eigenvalue weighted by Gasteiger charge is 2.39. The van der Waals surface area contributed by atoms with Crippen molar-refractivity contribution in [2.45, 2.75) is 20.4 Å². The van der Waals surface area contributed by atoms with Crippen LogP contribution in [0.3, 0.4) is 0 Å². The molecule has 3 amide bonds. The van der Waals surface area contributed by atoms with Crippen LogP contribution in [0.2, 0.25) is 0 Å². The van der Waals surface area contributed by atoms with Crippen molar-refractivity contribution in [3.8, 4) is 5.75 Å². The quantitative estimate of drug-likeness (QED) is 0.500. The number of hydrogen-bond donors (Lipinski definition) is 2. The molecule has 0 unspecified atom stereocenters. The molecule has 0 radical (unpaired) electrons. The number of aromatic nitrogens is 1. The highest BCUT2D eigenvalue weighted by molar-refractivity contribution is 6.36. The Labute approximate surface area is 197 Å². The number of carbonyl (C=O) groups excluding carboxylic acids is 3. The van der Waals surface area contributed by atoms with E-state index in [1.54, 1.807) is 73.1 Å². The maximum atomic E-state index is 13.4.